The van der Waals surface area contributed by atoms with Crippen molar-refractivity contribution in [1.82, 2.24) is 4.90 Å². The average molecular weight is 317 g/mol. The molecule has 3 rings (SSSR count). The molecule has 0 unspecified atom stereocenters. The van der Waals surface area contributed by atoms with E-state index in [1.807, 2.05) is 18.0 Å². The van der Waals surface area contributed by atoms with Crippen molar-refractivity contribution in [3.63, 3.8) is 0 Å². The van der Waals surface area contributed by atoms with Crippen LogP contribution in [0, 0.1) is 0 Å². The Balaban J connectivity index is 2.29. The quantitative estimate of drug-likeness (QED) is 0.860. The SMILES string of the molecule is COc1cc2c(c(OC)c1OC)C1=C(CCC2)N(C)C(=O)CC1. The summed E-state index contributed by atoms with van der Waals surface area (Å²) < 4.78 is 16.7. The van der Waals surface area contributed by atoms with Crippen molar-refractivity contribution in [2.45, 2.75) is 32.1 Å². The summed E-state index contributed by atoms with van der Waals surface area (Å²) in [4.78, 5) is 13.9. The normalized spacial score (nSPS) is 17.4. The Morgan fingerprint density at radius 2 is 1.70 bits per heavy atom. The highest BCUT2D eigenvalue weighted by molar-refractivity contribution is 5.89. The number of carbonyl (C=O) groups is 1. The number of allylic oxidation sites excluding steroid dienone is 2. The van der Waals surface area contributed by atoms with E-state index in [4.69, 9.17) is 14.2 Å². The van der Waals surface area contributed by atoms with Gasteiger partial charge >= 0.3 is 0 Å². The Kier molecular flexibility index (Phi) is 4.20. The van der Waals surface area contributed by atoms with Crippen molar-refractivity contribution < 1.29 is 19.0 Å². The molecular weight excluding hydrogens is 294 g/mol. The molecule has 0 saturated carbocycles. The number of amides is 1. The molecule has 1 aliphatic carbocycles. The Bertz CT molecular complexity index is 678. The number of benzene rings is 1. The number of carbonyl (C=O) groups excluding carboxylic acids is 1. The van der Waals surface area contributed by atoms with E-state index in [-0.39, 0.29) is 5.91 Å². The lowest BCUT2D eigenvalue weighted by molar-refractivity contribution is -0.128. The first-order valence-corrected chi connectivity index (χ1v) is 7.93. The Morgan fingerprint density at radius 1 is 0.957 bits per heavy atom. The maximum atomic E-state index is 12.1. The van der Waals surface area contributed by atoms with E-state index >= 15 is 0 Å². The maximum Gasteiger partial charge on any atom is 0.226 e. The highest BCUT2D eigenvalue weighted by atomic mass is 16.5. The molecule has 0 aromatic heterocycles. The van der Waals surface area contributed by atoms with Crippen LogP contribution in [0.15, 0.2) is 11.8 Å². The minimum atomic E-state index is 0.187. The first kappa shape index (κ1) is 15.7. The smallest absolute Gasteiger partial charge is 0.226 e. The van der Waals surface area contributed by atoms with E-state index in [9.17, 15) is 4.79 Å². The largest absolute Gasteiger partial charge is 0.493 e. The minimum Gasteiger partial charge on any atom is -0.493 e. The molecule has 0 bridgehead atoms. The molecule has 5 nitrogen and oxygen atoms in total. The van der Waals surface area contributed by atoms with Gasteiger partial charge in [-0.05, 0) is 42.9 Å². The molecule has 0 fully saturated rings. The standard InChI is InChI=1S/C18H23NO4/c1-19-13-7-5-6-11-10-14(21-2)17(22-3)18(23-4)16(11)12(13)8-9-15(19)20/h10H,5-9H2,1-4H3. The molecule has 0 spiro atoms. The highest BCUT2D eigenvalue weighted by Gasteiger charge is 2.31. The van der Waals surface area contributed by atoms with Crippen molar-refractivity contribution >= 4 is 11.5 Å². The summed E-state index contributed by atoms with van der Waals surface area (Å²) in [7, 11) is 6.78. The number of methoxy groups -OCH3 is 3. The van der Waals surface area contributed by atoms with Gasteiger partial charge < -0.3 is 19.1 Å². The average Bonchev–Trinajstić information content (AvgIpc) is 2.75. The van der Waals surface area contributed by atoms with Crippen LogP contribution in [0.3, 0.4) is 0 Å². The molecule has 23 heavy (non-hydrogen) atoms. The second-order valence-electron chi connectivity index (χ2n) is 5.91. The summed E-state index contributed by atoms with van der Waals surface area (Å²) in [5, 5.41) is 0. The van der Waals surface area contributed by atoms with Crippen LogP contribution in [-0.4, -0.2) is 39.2 Å². The fourth-order valence-corrected chi connectivity index (χ4v) is 3.67. The molecule has 1 heterocycles. The second-order valence-corrected chi connectivity index (χ2v) is 5.91. The van der Waals surface area contributed by atoms with E-state index in [1.165, 1.54) is 11.1 Å². The van der Waals surface area contributed by atoms with Crippen LogP contribution in [0.1, 0.15) is 36.8 Å². The topological polar surface area (TPSA) is 48.0 Å². The van der Waals surface area contributed by atoms with Gasteiger partial charge in [-0.25, -0.2) is 0 Å². The molecule has 5 heteroatoms. The van der Waals surface area contributed by atoms with Gasteiger partial charge in [0.2, 0.25) is 11.7 Å². The minimum absolute atomic E-state index is 0.187. The number of hydrogen-bond acceptors (Lipinski definition) is 4. The van der Waals surface area contributed by atoms with Crippen LogP contribution in [0.4, 0.5) is 0 Å². The lowest BCUT2D eigenvalue weighted by atomic mass is 9.91. The molecule has 1 aliphatic heterocycles. The van der Waals surface area contributed by atoms with Crippen molar-refractivity contribution in [1.29, 1.82) is 0 Å². The Morgan fingerprint density at radius 3 is 2.35 bits per heavy atom. The third kappa shape index (κ3) is 2.44. The van der Waals surface area contributed by atoms with Crippen molar-refractivity contribution in [3.8, 4) is 17.2 Å². The number of aryl methyl sites for hydroxylation is 1. The Hall–Kier alpha value is -2.17. The number of ether oxygens (including phenoxy) is 3. The van der Waals surface area contributed by atoms with Crippen LogP contribution in [0.2, 0.25) is 0 Å². The molecule has 0 radical (unpaired) electrons. The van der Waals surface area contributed by atoms with Gasteiger partial charge in [-0.3, -0.25) is 4.79 Å². The molecule has 0 saturated heterocycles. The molecule has 124 valence electrons. The van der Waals surface area contributed by atoms with Gasteiger partial charge in [0, 0.05) is 24.7 Å². The fraction of sp³-hybridized carbons (Fsp3) is 0.500. The van der Waals surface area contributed by atoms with Crippen LogP contribution in [-0.2, 0) is 11.2 Å². The van der Waals surface area contributed by atoms with Gasteiger partial charge in [-0.2, -0.15) is 0 Å². The van der Waals surface area contributed by atoms with Crippen molar-refractivity contribution in [3.05, 3.63) is 22.9 Å². The molecule has 2 aliphatic rings. The summed E-state index contributed by atoms with van der Waals surface area (Å²) >= 11 is 0. The van der Waals surface area contributed by atoms with Crippen molar-refractivity contribution in [2.75, 3.05) is 28.4 Å². The zero-order valence-electron chi connectivity index (χ0n) is 14.2. The van der Waals surface area contributed by atoms with Crippen LogP contribution in [0.5, 0.6) is 17.2 Å². The van der Waals surface area contributed by atoms with Gasteiger partial charge in [0.1, 0.15) is 0 Å². The summed E-state index contributed by atoms with van der Waals surface area (Å²) in [5.41, 5.74) is 4.60. The fourth-order valence-electron chi connectivity index (χ4n) is 3.67. The van der Waals surface area contributed by atoms with Gasteiger partial charge in [0.15, 0.2) is 11.5 Å². The maximum absolute atomic E-state index is 12.1. The third-order valence-corrected chi connectivity index (χ3v) is 4.79. The molecule has 1 amide bonds. The van der Waals surface area contributed by atoms with Crippen LogP contribution < -0.4 is 14.2 Å². The zero-order valence-corrected chi connectivity index (χ0v) is 14.2. The first-order valence-electron chi connectivity index (χ1n) is 7.93. The van der Waals surface area contributed by atoms with Crippen molar-refractivity contribution in [2.24, 2.45) is 0 Å². The first-order chi connectivity index (χ1) is 11.1. The van der Waals surface area contributed by atoms with E-state index in [2.05, 4.69) is 0 Å². The molecule has 1 aromatic carbocycles. The number of nitrogens with zero attached hydrogens (tertiary/aromatic N) is 1. The predicted molar refractivity (Wildman–Crippen MR) is 88.0 cm³/mol. The summed E-state index contributed by atoms with van der Waals surface area (Å²) in [5.74, 6) is 2.19. The van der Waals surface area contributed by atoms with Gasteiger partial charge in [-0.1, -0.05) is 0 Å². The predicted octanol–water partition coefficient (Wildman–Crippen LogP) is 3.01. The third-order valence-electron chi connectivity index (χ3n) is 4.79. The van der Waals surface area contributed by atoms with E-state index in [0.29, 0.717) is 23.7 Å². The van der Waals surface area contributed by atoms with Crippen LogP contribution in [0.25, 0.3) is 5.57 Å². The van der Waals surface area contributed by atoms with Gasteiger partial charge in [-0.15, -0.1) is 0 Å². The molecular formula is C18H23NO4. The van der Waals surface area contributed by atoms with Gasteiger partial charge in [0.25, 0.3) is 0 Å². The van der Waals surface area contributed by atoms with E-state index in [1.54, 1.807) is 21.3 Å². The molecule has 0 atom stereocenters. The number of hydrogen-bond donors (Lipinski definition) is 0. The molecule has 1 aromatic rings. The monoisotopic (exact) mass is 317 g/mol. The van der Waals surface area contributed by atoms with Crippen LogP contribution >= 0.6 is 0 Å². The summed E-state index contributed by atoms with van der Waals surface area (Å²) in [6, 6.07) is 2.04. The summed E-state index contributed by atoms with van der Waals surface area (Å²) in [6.45, 7) is 0. The number of fused-ring (bicyclic) bond motifs is 2. The lowest BCUT2D eigenvalue weighted by Gasteiger charge is -2.29. The molecule has 0 N–H and O–H groups in total. The second kappa shape index (κ2) is 6.14. The van der Waals surface area contributed by atoms with Gasteiger partial charge in [0.05, 0.1) is 21.3 Å². The zero-order chi connectivity index (χ0) is 16.6. The number of rotatable bonds is 3. The lowest BCUT2D eigenvalue weighted by Crippen LogP contribution is -2.30. The highest BCUT2D eigenvalue weighted by Crippen LogP contribution is 2.49. The van der Waals surface area contributed by atoms with E-state index in [0.717, 1.165) is 36.9 Å². The van der Waals surface area contributed by atoms with E-state index < -0.39 is 0 Å². The Labute approximate surface area is 136 Å². The summed E-state index contributed by atoms with van der Waals surface area (Å²) in [6.07, 6.45) is 4.12.